The number of allylic oxidation sites excluding steroid dienone is 4. The zero-order valence-electron chi connectivity index (χ0n) is 14.7. The molecule has 6 heteroatoms. The molecule has 0 aliphatic heterocycles. The van der Waals surface area contributed by atoms with Crippen LogP contribution in [0.4, 0.5) is 0 Å². The van der Waals surface area contributed by atoms with Crippen LogP contribution in [0.15, 0.2) is 73.6 Å². The number of benzene rings is 1. The zero-order valence-corrected chi connectivity index (χ0v) is 19.8. The summed E-state index contributed by atoms with van der Waals surface area (Å²) < 4.78 is 25.3. The number of rotatable bonds is 10. The maximum absolute atomic E-state index is 5.81. The van der Waals surface area contributed by atoms with Gasteiger partial charge in [-0.15, -0.1) is 0 Å². The molecule has 1 rings (SSSR count). The first-order chi connectivity index (χ1) is 11.2. The van der Waals surface area contributed by atoms with Crippen molar-refractivity contribution < 1.29 is 12.1 Å². The van der Waals surface area contributed by atoms with E-state index < -0.39 is 42.1 Å². The molecule has 0 N–H and O–H groups in total. The molecule has 0 aromatic heterocycles. The minimum absolute atomic E-state index is 0.648. The van der Waals surface area contributed by atoms with E-state index in [-0.39, 0.29) is 0 Å². The molecule has 0 spiro atoms. The van der Waals surface area contributed by atoms with Gasteiger partial charge in [0.1, 0.15) is 0 Å². The van der Waals surface area contributed by atoms with E-state index in [1.165, 1.54) is 0 Å². The van der Waals surface area contributed by atoms with Crippen LogP contribution in [-0.2, 0) is 12.1 Å². The monoisotopic (exact) mass is 546 g/mol. The van der Waals surface area contributed by atoms with Crippen molar-refractivity contribution in [3.63, 3.8) is 0 Å². The van der Waals surface area contributed by atoms with E-state index in [1.807, 2.05) is 52.0 Å². The van der Waals surface area contributed by atoms with Crippen LogP contribution in [0.2, 0.25) is 0 Å². The summed E-state index contributed by atoms with van der Waals surface area (Å²) in [5, 5.41) is 0. The van der Waals surface area contributed by atoms with Crippen molar-refractivity contribution in [3.8, 4) is 0 Å². The van der Waals surface area contributed by atoms with E-state index >= 15 is 0 Å². The average molecular weight is 548 g/mol. The molecule has 0 fully saturated rings. The molecule has 0 amide bonds. The molecule has 0 heterocycles. The van der Waals surface area contributed by atoms with Crippen LogP contribution in [0.5, 0.6) is 0 Å². The van der Waals surface area contributed by atoms with E-state index in [1.54, 1.807) is 0 Å². The third-order valence-corrected chi connectivity index (χ3v) is 11.8. The molecular weight excluding hydrogens is 524 g/mol. The van der Waals surface area contributed by atoms with Gasteiger partial charge in [0.05, 0.1) is 0 Å². The van der Waals surface area contributed by atoms with Crippen molar-refractivity contribution in [2.24, 2.45) is 0 Å². The Morgan fingerprint density at radius 3 is 0.958 bits per heavy atom. The summed E-state index contributed by atoms with van der Waals surface area (Å²) in [7, 11) is 0. The molecule has 0 bridgehead atoms. The Kier molecular flexibility index (Phi) is 8.87. The van der Waals surface area contributed by atoms with Crippen molar-refractivity contribution in [2.75, 3.05) is 0 Å². The fourth-order valence-corrected chi connectivity index (χ4v) is 8.40. The van der Waals surface area contributed by atoms with Gasteiger partial charge in [-0.25, -0.2) is 0 Å². The van der Waals surface area contributed by atoms with Gasteiger partial charge in [0, 0.05) is 0 Å². The molecule has 0 saturated carbocycles. The summed E-state index contributed by atoms with van der Waals surface area (Å²) in [6, 6.07) is 8.02. The molecule has 1 aromatic rings. The normalized spacial score (nSPS) is 10.2. The fourth-order valence-electron chi connectivity index (χ4n) is 1.51. The molecule has 24 heavy (non-hydrogen) atoms. The number of hydrogen-bond acceptors (Lipinski definition) is 4. The zero-order chi connectivity index (χ0) is 18.3. The van der Waals surface area contributed by atoms with Crippen LogP contribution < -0.4 is 7.02 Å². The summed E-state index contributed by atoms with van der Waals surface area (Å²) in [6.07, 6.45) is 0. The number of hydrogen-bond donors (Lipinski definition) is 0. The van der Waals surface area contributed by atoms with Gasteiger partial charge in [0.25, 0.3) is 0 Å². The summed E-state index contributed by atoms with van der Waals surface area (Å²) >= 11 is -5.21. The quantitative estimate of drug-likeness (QED) is 0.333. The summed E-state index contributed by atoms with van der Waals surface area (Å²) in [5.41, 5.74) is 0. The topological polar surface area (TPSA) is 36.9 Å². The third kappa shape index (κ3) is 7.72. The summed E-state index contributed by atoms with van der Waals surface area (Å²) in [6.45, 7) is 22.5. The molecule has 1 aromatic carbocycles. The van der Waals surface area contributed by atoms with Gasteiger partial charge in [-0.05, 0) is 0 Å². The summed E-state index contributed by atoms with van der Waals surface area (Å²) in [5.74, 6) is 2.59. The SMILES string of the molecule is C=C(C)[O][Sb]([O]C(=C)C)[c]1cc[c]([Sb]([O]C(=C)C)[O]C(=C)C)cc1. The van der Waals surface area contributed by atoms with Gasteiger partial charge < -0.3 is 0 Å². The third-order valence-electron chi connectivity index (χ3n) is 2.23. The van der Waals surface area contributed by atoms with Crippen LogP contribution in [0, 0.1) is 0 Å². The van der Waals surface area contributed by atoms with Gasteiger partial charge in [0.15, 0.2) is 0 Å². The Morgan fingerprint density at radius 2 is 0.792 bits per heavy atom. The molecule has 0 atom stereocenters. The Bertz CT molecular complexity index is 535. The molecule has 0 aliphatic rings. The standard InChI is InChI=1S/C6H4.4C3H6O.2Sb/c1-2-4-6-5-3-1;4*1-3(2)4;;/h1-2,5-6H;4*4H,1H2,2H3;;/q;;;;;2*+2/p-4. The molecule has 0 saturated heterocycles. The Labute approximate surface area is 161 Å². The van der Waals surface area contributed by atoms with Crippen LogP contribution in [0.3, 0.4) is 0 Å². The Morgan fingerprint density at radius 1 is 0.583 bits per heavy atom. The molecule has 0 aliphatic carbocycles. The molecule has 130 valence electrons. The molecule has 0 unspecified atom stereocenters. The molecule has 0 radical (unpaired) electrons. The van der Waals surface area contributed by atoms with Gasteiger partial charge in [0.2, 0.25) is 0 Å². The van der Waals surface area contributed by atoms with E-state index in [9.17, 15) is 0 Å². The Balaban J connectivity index is 3.01. The van der Waals surface area contributed by atoms with Crippen LogP contribution in [0.25, 0.3) is 0 Å². The average Bonchev–Trinajstić information content (AvgIpc) is 2.44. The second-order valence-corrected chi connectivity index (χ2v) is 13.2. The first-order valence-electron chi connectivity index (χ1n) is 7.23. The minimum atomic E-state index is -2.60. The van der Waals surface area contributed by atoms with Crippen molar-refractivity contribution in [1.29, 1.82) is 0 Å². The second-order valence-electron chi connectivity index (χ2n) is 5.20. The van der Waals surface area contributed by atoms with Gasteiger partial charge >= 0.3 is 162 Å². The van der Waals surface area contributed by atoms with E-state index in [0.717, 1.165) is 7.02 Å². The van der Waals surface area contributed by atoms with Crippen LogP contribution >= 0.6 is 0 Å². The van der Waals surface area contributed by atoms with E-state index in [4.69, 9.17) is 12.1 Å². The second kappa shape index (κ2) is 10.1. The fraction of sp³-hybridized carbons (Fsp3) is 0.222. The van der Waals surface area contributed by atoms with Crippen LogP contribution in [-0.4, -0.2) is 42.1 Å². The van der Waals surface area contributed by atoms with Crippen LogP contribution in [0.1, 0.15) is 27.7 Å². The van der Waals surface area contributed by atoms with Crippen molar-refractivity contribution in [3.05, 3.63) is 73.6 Å². The van der Waals surface area contributed by atoms with Crippen molar-refractivity contribution >= 4 is 49.1 Å². The van der Waals surface area contributed by atoms with Gasteiger partial charge in [-0.3, -0.25) is 0 Å². The summed E-state index contributed by atoms with van der Waals surface area (Å²) in [4.78, 5) is 0. The predicted molar refractivity (Wildman–Crippen MR) is 101 cm³/mol. The molecular formula is C18H24O4Sb2. The Hall–Kier alpha value is -0.984. The van der Waals surface area contributed by atoms with Gasteiger partial charge in [-0.1, -0.05) is 0 Å². The molecule has 4 nitrogen and oxygen atoms in total. The van der Waals surface area contributed by atoms with Gasteiger partial charge in [-0.2, -0.15) is 0 Å². The first kappa shape index (κ1) is 21.1. The van der Waals surface area contributed by atoms with E-state index in [2.05, 4.69) is 26.3 Å². The predicted octanol–water partition coefficient (Wildman–Crippen LogP) is 3.28. The van der Waals surface area contributed by atoms with E-state index in [0.29, 0.717) is 23.0 Å². The maximum atomic E-state index is 5.81. The first-order valence-corrected chi connectivity index (χ1v) is 14.0. The van der Waals surface area contributed by atoms with Crippen molar-refractivity contribution in [1.82, 2.24) is 0 Å². The van der Waals surface area contributed by atoms with Crippen molar-refractivity contribution in [2.45, 2.75) is 27.7 Å².